The van der Waals surface area contributed by atoms with E-state index < -0.39 is 0 Å². The lowest BCUT2D eigenvalue weighted by molar-refractivity contribution is -0.133. The smallest absolute Gasteiger partial charge is 0.222 e. The van der Waals surface area contributed by atoms with Crippen molar-refractivity contribution >= 4 is 5.91 Å². The zero-order valence-electron chi connectivity index (χ0n) is 16.3. The van der Waals surface area contributed by atoms with Gasteiger partial charge in [-0.25, -0.2) is 0 Å². The van der Waals surface area contributed by atoms with E-state index in [0.717, 1.165) is 45.5 Å². The van der Waals surface area contributed by atoms with E-state index in [-0.39, 0.29) is 5.91 Å². The molecule has 1 fully saturated rings. The highest BCUT2D eigenvalue weighted by Crippen LogP contribution is 2.17. The van der Waals surface area contributed by atoms with Crippen molar-refractivity contribution in [3.05, 3.63) is 35.4 Å². The predicted octanol–water partition coefficient (Wildman–Crippen LogP) is 3.31. The van der Waals surface area contributed by atoms with E-state index in [1.54, 1.807) is 0 Å². The van der Waals surface area contributed by atoms with E-state index in [9.17, 15) is 4.79 Å². The van der Waals surface area contributed by atoms with Crippen LogP contribution < -0.4 is 0 Å². The number of amides is 1. The number of benzene rings is 1. The van der Waals surface area contributed by atoms with E-state index in [1.165, 1.54) is 11.1 Å². The van der Waals surface area contributed by atoms with Crippen molar-refractivity contribution in [3.63, 3.8) is 0 Å². The maximum absolute atomic E-state index is 12.4. The molecule has 1 aliphatic heterocycles. The standard InChI is InChI=1S/C21H34N2O2/c1-17(2)19-8-5-18(6-9-19)7-10-21(24)23-13-11-20(12-14-23)25-16-15-22(3)4/h5-6,8-9,17,20H,7,10-16H2,1-4H3. The van der Waals surface area contributed by atoms with E-state index in [0.29, 0.717) is 18.4 Å². The van der Waals surface area contributed by atoms with Crippen LogP contribution in [0.15, 0.2) is 24.3 Å². The number of rotatable bonds is 8. The molecule has 0 atom stereocenters. The van der Waals surface area contributed by atoms with Gasteiger partial charge in [-0.2, -0.15) is 0 Å². The van der Waals surface area contributed by atoms with Gasteiger partial charge in [-0.3, -0.25) is 4.79 Å². The largest absolute Gasteiger partial charge is 0.377 e. The van der Waals surface area contributed by atoms with E-state index >= 15 is 0 Å². The summed E-state index contributed by atoms with van der Waals surface area (Å²) in [4.78, 5) is 16.6. The molecule has 2 rings (SSSR count). The SMILES string of the molecule is CC(C)c1ccc(CCC(=O)N2CCC(OCCN(C)C)CC2)cc1. The van der Waals surface area contributed by atoms with Crippen LogP contribution in [-0.4, -0.2) is 62.1 Å². The van der Waals surface area contributed by atoms with Crippen molar-refractivity contribution in [1.29, 1.82) is 0 Å². The van der Waals surface area contributed by atoms with Gasteiger partial charge in [0.1, 0.15) is 0 Å². The van der Waals surface area contributed by atoms with Crippen molar-refractivity contribution < 1.29 is 9.53 Å². The summed E-state index contributed by atoms with van der Waals surface area (Å²) in [5.74, 6) is 0.830. The molecule has 0 aromatic heterocycles. The normalized spacial score (nSPS) is 16.0. The minimum atomic E-state index is 0.277. The molecule has 0 bridgehead atoms. The van der Waals surface area contributed by atoms with Crippen LogP contribution in [0.1, 0.15) is 50.2 Å². The molecule has 4 heteroatoms. The fourth-order valence-electron chi connectivity index (χ4n) is 3.15. The number of likely N-dealkylation sites (tertiary alicyclic amines) is 1. The Kier molecular flexibility index (Phi) is 7.91. The molecule has 140 valence electrons. The van der Waals surface area contributed by atoms with Crippen LogP contribution in [0.5, 0.6) is 0 Å². The average molecular weight is 347 g/mol. The van der Waals surface area contributed by atoms with Gasteiger partial charge < -0.3 is 14.5 Å². The van der Waals surface area contributed by atoms with Gasteiger partial charge >= 0.3 is 0 Å². The lowest BCUT2D eigenvalue weighted by Gasteiger charge is -2.32. The molecule has 1 aliphatic rings. The lowest BCUT2D eigenvalue weighted by atomic mass is 10.00. The Labute approximate surface area is 153 Å². The molecule has 0 N–H and O–H groups in total. The first-order valence-corrected chi connectivity index (χ1v) is 9.58. The maximum atomic E-state index is 12.4. The second-order valence-electron chi connectivity index (χ2n) is 7.65. The van der Waals surface area contributed by atoms with Crippen LogP contribution in [0.2, 0.25) is 0 Å². The number of piperidine rings is 1. The summed E-state index contributed by atoms with van der Waals surface area (Å²) in [6.45, 7) is 7.79. The highest BCUT2D eigenvalue weighted by molar-refractivity contribution is 5.76. The van der Waals surface area contributed by atoms with Crippen LogP contribution >= 0.6 is 0 Å². The van der Waals surface area contributed by atoms with Gasteiger partial charge in [0.15, 0.2) is 0 Å². The third-order valence-electron chi connectivity index (χ3n) is 4.96. The molecule has 1 saturated heterocycles. The first-order chi connectivity index (χ1) is 12.0. The first kappa shape index (κ1) is 19.9. The molecule has 1 amide bonds. The molecule has 1 aromatic rings. The Balaban J connectivity index is 1.68. The number of hydrogen-bond donors (Lipinski definition) is 0. The van der Waals surface area contributed by atoms with Crippen molar-refractivity contribution in [2.45, 2.75) is 51.6 Å². The van der Waals surface area contributed by atoms with Crippen LogP contribution in [0.3, 0.4) is 0 Å². The van der Waals surface area contributed by atoms with Gasteiger partial charge in [0, 0.05) is 26.1 Å². The molecule has 0 aliphatic carbocycles. The summed E-state index contributed by atoms with van der Waals surface area (Å²) in [6, 6.07) is 8.68. The highest BCUT2D eigenvalue weighted by atomic mass is 16.5. The minimum Gasteiger partial charge on any atom is -0.377 e. The van der Waals surface area contributed by atoms with Gasteiger partial charge in [-0.15, -0.1) is 0 Å². The monoisotopic (exact) mass is 346 g/mol. The Bertz CT molecular complexity index is 517. The van der Waals surface area contributed by atoms with Crippen molar-refractivity contribution in [2.24, 2.45) is 0 Å². The quantitative estimate of drug-likeness (QED) is 0.724. The average Bonchev–Trinajstić information content (AvgIpc) is 2.60. The van der Waals surface area contributed by atoms with E-state index in [4.69, 9.17) is 4.74 Å². The summed E-state index contributed by atoms with van der Waals surface area (Å²) in [5.41, 5.74) is 2.60. The first-order valence-electron chi connectivity index (χ1n) is 9.58. The van der Waals surface area contributed by atoms with E-state index in [2.05, 4.69) is 57.1 Å². The zero-order chi connectivity index (χ0) is 18.2. The maximum Gasteiger partial charge on any atom is 0.222 e. The molecule has 0 spiro atoms. The molecule has 4 nitrogen and oxygen atoms in total. The summed E-state index contributed by atoms with van der Waals surface area (Å²) in [7, 11) is 4.11. The number of ether oxygens (including phenoxy) is 1. The fraction of sp³-hybridized carbons (Fsp3) is 0.667. The molecule has 25 heavy (non-hydrogen) atoms. The molecular weight excluding hydrogens is 312 g/mol. The number of carbonyl (C=O) groups is 1. The number of nitrogens with zero attached hydrogens (tertiary/aromatic N) is 2. The van der Waals surface area contributed by atoms with Crippen LogP contribution in [-0.2, 0) is 16.0 Å². The molecule has 1 heterocycles. The second kappa shape index (κ2) is 9.93. The van der Waals surface area contributed by atoms with Gasteiger partial charge in [0.05, 0.1) is 12.7 Å². The third-order valence-corrected chi connectivity index (χ3v) is 4.96. The van der Waals surface area contributed by atoms with Crippen molar-refractivity contribution in [3.8, 4) is 0 Å². The van der Waals surface area contributed by atoms with Crippen LogP contribution in [0.25, 0.3) is 0 Å². The summed E-state index contributed by atoms with van der Waals surface area (Å²) in [5, 5.41) is 0. The second-order valence-corrected chi connectivity index (χ2v) is 7.65. The third kappa shape index (κ3) is 6.79. The van der Waals surface area contributed by atoms with Gasteiger partial charge in [-0.05, 0) is 50.4 Å². The topological polar surface area (TPSA) is 32.8 Å². The summed E-state index contributed by atoms with van der Waals surface area (Å²) >= 11 is 0. The van der Waals surface area contributed by atoms with Crippen molar-refractivity contribution in [1.82, 2.24) is 9.80 Å². The Hall–Kier alpha value is -1.39. The number of aryl methyl sites for hydroxylation is 1. The van der Waals surface area contributed by atoms with E-state index in [1.807, 2.05) is 4.90 Å². The van der Waals surface area contributed by atoms with Gasteiger partial charge in [-0.1, -0.05) is 38.1 Å². The molecular formula is C21H34N2O2. The molecule has 0 saturated carbocycles. The Morgan fingerprint density at radius 3 is 2.40 bits per heavy atom. The molecule has 0 unspecified atom stereocenters. The van der Waals surface area contributed by atoms with Gasteiger partial charge in [0.2, 0.25) is 5.91 Å². The lowest BCUT2D eigenvalue weighted by Crippen LogP contribution is -2.41. The van der Waals surface area contributed by atoms with Gasteiger partial charge in [0.25, 0.3) is 0 Å². The Morgan fingerprint density at radius 2 is 1.84 bits per heavy atom. The van der Waals surface area contributed by atoms with Crippen molar-refractivity contribution in [2.75, 3.05) is 40.3 Å². The number of hydrogen-bond acceptors (Lipinski definition) is 3. The summed E-state index contributed by atoms with van der Waals surface area (Å²) < 4.78 is 5.90. The molecule has 1 aromatic carbocycles. The minimum absolute atomic E-state index is 0.277. The Morgan fingerprint density at radius 1 is 1.20 bits per heavy atom. The number of likely N-dealkylation sites (N-methyl/N-ethyl adjacent to an activating group) is 1. The highest BCUT2D eigenvalue weighted by Gasteiger charge is 2.22. The predicted molar refractivity (Wildman–Crippen MR) is 103 cm³/mol. The fourth-order valence-corrected chi connectivity index (χ4v) is 3.15. The van der Waals surface area contributed by atoms with Crippen LogP contribution in [0, 0.1) is 0 Å². The molecule has 0 radical (unpaired) electrons. The zero-order valence-corrected chi connectivity index (χ0v) is 16.3. The summed E-state index contributed by atoms with van der Waals surface area (Å²) in [6.07, 6.45) is 3.67. The van der Waals surface area contributed by atoms with Crippen LogP contribution in [0.4, 0.5) is 0 Å². The number of carbonyl (C=O) groups excluding carboxylic acids is 1.